The average Bonchev–Trinajstić information content (AvgIpc) is 4.05. The van der Waals surface area contributed by atoms with Crippen LogP contribution in [0.1, 0.15) is 84.6 Å². The summed E-state index contributed by atoms with van der Waals surface area (Å²) >= 11 is 0. The van der Waals surface area contributed by atoms with Crippen LogP contribution in [0.15, 0.2) is 205 Å². The van der Waals surface area contributed by atoms with Gasteiger partial charge in [0.05, 0.1) is 39.5 Å². The van der Waals surface area contributed by atoms with Crippen LogP contribution in [-0.2, 0) is 37.3 Å². The maximum Gasteiger partial charge on any atom is 0.148 e. The first-order valence-electron chi connectivity index (χ1n) is 27.1. The van der Waals surface area contributed by atoms with E-state index in [1.807, 2.05) is 60.8 Å². The van der Waals surface area contributed by atoms with Crippen LogP contribution in [0.2, 0.25) is 0 Å². The first kappa shape index (κ1) is 53.4. The number of pyridine rings is 1. The monoisotopic (exact) mass is 1220 g/mol. The molecule has 80 heavy (non-hydrogen) atoms. The van der Waals surface area contributed by atoms with Gasteiger partial charge in [0.15, 0.2) is 0 Å². The Morgan fingerprint density at radius 2 is 1.14 bits per heavy atom. The number of benzene rings is 9. The molecule has 0 unspecified atom stereocenters. The van der Waals surface area contributed by atoms with Crippen molar-refractivity contribution >= 4 is 33.0 Å². The Kier molecular flexibility index (Phi) is 13.7. The summed E-state index contributed by atoms with van der Waals surface area (Å²) in [6.07, 6.45) is 1.84. The second-order valence-corrected chi connectivity index (χ2v) is 23.8. The molecule has 0 amide bonds. The molecule has 0 aliphatic carbocycles. The minimum absolute atomic E-state index is 0. The van der Waals surface area contributed by atoms with Gasteiger partial charge in [-0.25, -0.2) is 4.98 Å². The number of phenolic OH excluding ortho intramolecular Hbond substituents is 1. The number of fused-ring (bicyclic) bond motifs is 4. The van der Waals surface area contributed by atoms with Crippen LogP contribution < -0.4 is 0 Å². The topological polar surface area (TPSA) is 87.9 Å². The quantitative estimate of drug-likeness (QED) is 0.153. The largest absolute Gasteiger partial charge is 0.507 e. The van der Waals surface area contributed by atoms with E-state index in [2.05, 4.69) is 219 Å². The maximum absolute atomic E-state index is 12.8. The molecule has 0 atom stereocenters. The molecule has 12 rings (SSSR count). The van der Waals surface area contributed by atoms with Gasteiger partial charge < -0.3 is 9.52 Å². The second-order valence-electron chi connectivity index (χ2n) is 23.8. The van der Waals surface area contributed by atoms with Gasteiger partial charge in [0.1, 0.15) is 17.2 Å². The van der Waals surface area contributed by atoms with Gasteiger partial charge in [-0.05, 0) is 103 Å². The maximum atomic E-state index is 12.8. The van der Waals surface area contributed by atoms with Crippen molar-refractivity contribution in [1.82, 2.24) is 14.5 Å². The SMILES string of the molecule is CC(C)(C)c1ccc(-n2c(-c3cc(C(C)(C)C)cc(C(C)(C)C)c3O)nc3c(-c4[c-]c(-c5cc(-c6ccccc6)ccn5)c5oc6c(-c7ccc(-c8ccccc8)cc7)c(C#N)ccc6c5c4)cccc32)c(-c2ccccc2)c1.[Pt]. The van der Waals surface area contributed by atoms with Crippen molar-refractivity contribution in [1.29, 1.82) is 5.26 Å². The molecule has 9 aromatic carbocycles. The standard InChI is InChI=1S/C73H61N4O2.Pt/c1-71(2,3)53-33-35-63(57(41-53)48-24-17-12-18-25-48)77-64-27-19-26-55(66(64)76-70(77)60-42-54(72(4,5)6)43-61(67(60)78)73(7,8)9)52-38-58-56-34-32-51(44-74)65(49-30-28-47(29-31-49)45-20-13-10-14-21-45)69(56)79-68(58)59(39-52)62-40-50(36-37-75-62)46-22-15-11-16-23-46;/h10-38,40-43,78H,1-9H3;/q-1;. The van der Waals surface area contributed by atoms with E-state index in [1.54, 1.807) is 0 Å². The van der Waals surface area contributed by atoms with Crippen molar-refractivity contribution in [3.63, 3.8) is 0 Å². The molecule has 6 nitrogen and oxygen atoms in total. The van der Waals surface area contributed by atoms with Crippen molar-refractivity contribution < 1.29 is 30.6 Å². The van der Waals surface area contributed by atoms with E-state index >= 15 is 0 Å². The molecule has 396 valence electrons. The number of nitrogens with zero attached hydrogens (tertiary/aromatic N) is 4. The number of hydrogen-bond acceptors (Lipinski definition) is 5. The van der Waals surface area contributed by atoms with Gasteiger partial charge in [-0.1, -0.05) is 225 Å². The normalized spacial score (nSPS) is 12.0. The summed E-state index contributed by atoms with van der Waals surface area (Å²) in [7, 11) is 0. The average molecular weight is 1220 g/mol. The van der Waals surface area contributed by atoms with Crippen LogP contribution in [-0.4, -0.2) is 19.6 Å². The molecule has 12 aromatic rings. The van der Waals surface area contributed by atoms with E-state index < -0.39 is 0 Å². The smallest absolute Gasteiger partial charge is 0.148 e. The number of hydrogen-bond donors (Lipinski definition) is 1. The zero-order valence-corrected chi connectivity index (χ0v) is 48.8. The van der Waals surface area contributed by atoms with Crippen LogP contribution in [0.3, 0.4) is 0 Å². The molecule has 0 spiro atoms. The molecule has 0 aliphatic rings. The first-order valence-corrected chi connectivity index (χ1v) is 27.1. The summed E-state index contributed by atoms with van der Waals surface area (Å²) in [4.78, 5) is 10.8. The van der Waals surface area contributed by atoms with Gasteiger partial charge in [0.25, 0.3) is 0 Å². The molecule has 3 heterocycles. The van der Waals surface area contributed by atoms with Crippen LogP contribution in [0.25, 0.3) is 117 Å². The number of aromatic hydroxyl groups is 1. The third kappa shape index (κ3) is 9.65. The number of aromatic nitrogens is 3. The molecule has 1 N–H and O–H groups in total. The molecular weight excluding hydrogens is 1160 g/mol. The fraction of sp³-hybridized carbons (Fsp3) is 0.164. The third-order valence-corrected chi connectivity index (χ3v) is 15.4. The van der Waals surface area contributed by atoms with Crippen LogP contribution in [0, 0.1) is 17.4 Å². The van der Waals surface area contributed by atoms with Gasteiger partial charge >= 0.3 is 0 Å². The minimum Gasteiger partial charge on any atom is -0.507 e. The van der Waals surface area contributed by atoms with Crippen molar-refractivity contribution in [2.24, 2.45) is 0 Å². The fourth-order valence-electron chi connectivity index (χ4n) is 11.0. The number of rotatable bonds is 8. The summed E-state index contributed by atoms with van der Waals surface area (Å²) in [5.74, 6) is 0.828. The second kappa shape index (κ2) is 20.6. The molecule has 0 saturated carbocycles. The van der Waals surface area contributed by atoms with Crippen LogP contribution in [0.4, 0.5) is 0 Å². The predicted octanol–water partition coefficient (Wildman–Crippen LogP) is 19.3. The first-order chi connectivity index (χ1) is 37.9. The number of imidazole rings is 1. The zero-order chi connectivity index (χ0) is 55.0. The van der Waals surface area contributed by atoms with E-state index in [9.17, 15) is 10.4 Å². The molecule has 0 saturated heterocycles. The summed E-state index contributed by atoms with van der Waals surface area (Å²) in [5.41, 5.74) is 18.3. The Hall–Kier alpha value is -8.62. The molecular formula is C73H61N4O2Pt-. The molecule has 7 heteroatoms. The Morgan fingerprint density at radius 1 is 0.525 bits per heavy atom. The summed E-state index contributed by atoms with van der Waals surface area (Å²) in [6, 6.07) is 73.4. The van der Waals surface area contributed by atoms with Crippen molar-refractivity contribution in [2.45, 2.75) is 78.6 Å². The predicted molar refractivity (Wildman–Crippen MR) is 326 cm³/mol. The molecule has 0 radical (unpaired) electrons. The molecule has 0 bridgehead atoms. The zero-order valence-electron chi connectivity index (χ0n) is 46.5. The van der Waals surface area contributed by atoms with E-state index in [4.69, 9.17) is 14.4 Å². The number of para-hydroxylation sites is 1. The van der Waals surface area contributed by atoms with Gasteiger partial charge in [-0.15, -0.1) is 17.7 Å². The van der Waals surface area contributed by atoms with Crippen molar-refractivity contribution in [3.05, 3.63) is 229 Å². The van der Waals surface area contributed by atoms with Gasteiger partial charge in [-0.2, -0.15) is 5.26 Å². The van der Waals surface area contributed by atoms with Crippen LogP contribution >= 0.6 is 0 Å². The number of furan rings is 1. The van der Waals surface area contributed by atoms with Crippen molar-refractivity contribution in [2.75, 3.05) is 0 Å². The van der Waals surface area contributed by atoms with Gasteiger partial charge in [-0.3, -0.25) is 9.55 Å². The Balaban J connectivity index is 0.00000675. The Morgan fingerprint density at radius 3 is 1.77 bits per heavy atom. The third-order valence-electron chi connectivity index (χ3n) is 15.4. The van der Waals surface area contributed by atoms with E-state index in [0.717, 1.165) is 94.3 Å². The molecule has 0 fully saturated rings. The summed E-state index contributed by atoms with van der Waals surface area (Å²) < 4.78 is 9.40. The van der Waals surface area contributed by atoms with Crippen molar-refractivity contribution in [3.8, 4) is 95.8 Å². The number of nitriles is 1. The van der Waals surface area contributed by atoms with E-state index in [0.29, 0.717) is 39.4 Å². The van der Waals surface area contributed by atoms with Crippen LogP contribution in [0.5, 0.6) is 5.75 Å². The summed E-state index contributed by atoms with van der Waals surface area (Å²) in [6.45, 7) is 19.8. The fourth-order valence-corrected chi connectivity index (χ4v) is 11.0. The number of phenols is 1. The van der Waals surface area contributed by atoms with E-state index in [1.165, 1.54) is 5.56 Å². The van der Waals surface area contributed by atoms with E-state index in [-0.39, 0.29) is 43.1 Å². The molecule has 3 aromatic heterocycles. The Bertz CT molecular complexity index is 4360. The van der Waals surface area contributed by atoms with Gasteiger partial charge in [0.2, 0.25) is 0 Å². The van der Waals surface area contributed by atoms with Gasteiger partial charge in [0, 0.05) is 55.0 Å². The minimum atomic E-state index is -0.384. The summed E-state index contributed by atoms with van der Waals surface area (Å²) in [5, 5.41) is 25.2. The molecule has 0 aliphatic heterocycles. The Labute approximate surface area is 483 Å².